The van der Waals surface area contributed by atoms with Gasteiger partial charge in [0.15, 0.2) is 0 Å². The Labute approximate surface area is 56.4 Å². The van der Waals surface area contributed by atoms with E-state index in [0.717, 1.165) is 6.42 Å². The Balaban J connectivity index is 3.08. The van der Waals surface area contributed by atoms with E-state index in [2.05, 4.69) is 5.92 Å². The maximum atomic E-state index is 5.55. The average molecular weight is 127 g/mol. The van der Waals surface area contributed by atoms with Crippen molar-refractivity contribution in [2.24, 2.45) is 5.73 Å². The summed E-state index contributed by atoms with van der Waals surface area (Å²) in [7, 11) is 1.66. The fourth-order valence-corrected chi connectivity index (χ4v) is 0.523. The Morgan fingerprint density at radius 3 is 2.89 bits per heavy atom. The van der Waals surface area contributed by atoms with Crippen molar-refractivity contribution in [3.63, 3.8) is 0 Å². The number of ether oxygens (including phenoxy) is 1. The molecular weight excluding hydrogens is 114 g/mol. The van der Waals surface area contributed by atoms with Gasteiger partial charge in [0.05, 0.1) is 0 Å². The number of hydrogen-bond acceptors (Lipinski definition) is 2. The molecule has 0 heterocycles. The highest BCUT2D eigenvalue weighted by Gasteiger charge is 1.97. The molecule has 0 aromatic carbocycles. The molecule has 0 bridgehead atoms. The predicted octanol–water partition coefficient (Wildman–Crippen LogP) is 0.373. The minimum absolute atomic E-state index is 0.106. The fraction of sp³-hybridized carbons (Fsp3) is 0.714. The molecular formula is C7H13NO. The molecule has 0 aliphatic rings. The molecule has 1 atom stereocenters. The lowest BCUT2D eigenvalue weighted by atomic mass is 10.2. The molecule has 1 unspecified atom stereocenters. The SMILES string of the molecule is C#CCC(N)CCOC. The molecule has 2 N–H and O–H groups in total. The third kappa shape index (κ3) is 5.35. The van der Waals surface area contributed by atoms with Crippen molar-refractivity contribution in [1.82, 2.24) is 0 Å². The smallest absolute Gasteiger partial charge is 0.0477 e. The van der Waals surface area contributed by atoms with Gasteiger partial charge in [-0.1, -0.05) is 0 Å². The molecule has 0 spiro atoms. The third-order valence-corrected chi connectivity index (χ3v) is 1.07. The van der Waals surface area contributed by atoms with Gasteiger partial charge in [-0.3, -0.25) is 0 Å². The van der Waals surface area contributed by atoms with Crippen LogP contribution in [0.4, 0.5) is 0 Å². The molecule has 0 saturated heterocycles. The van der Waals surface area contributed by atoms with Crippen LogP contribution >= 0.6 is 0 Å². The highest BCUT2D eigenvalue weighted by atomic mass is 16.5. The molecule has 0 fully saturated rings. The molecule has 52 valence electrons. The van der Waals surface area contributed by atoms with Gasteiger partial charge in [0, 0.05) is 26.2 Å². The van der Waals surface area contributed by atoms with Crippen LogP contribution in [0.25, 0.3) is 0 Å². The van der Waals surface area contributed by atoms with Crippen LogP contribution < -0.4 is 5.73 Å². The summed E-state index contributed by atoms with van der Waals surface area (Å²) < 4.78 is 4.81. The molecule has 0 aliphatic carbocycles. The van der Waals surface area contributed by atoms with E-state index in [4.69, 9.17) is 16.9 Å². The molecule has 0 aliphatic heterocycles. The van der Waals surface area contributed by atoms with Crippen molar-refractivity contribution >= 4 is 0 Å². The third-order valence-electron chi connectivity index (χ3n) is 1.07. The Hall–Kier alpha value is -0.520. The normalized spacial score (nSPS) is 12.6. The zero-order chi connectivity index (χ0) is 7.11. The minimum Gasteiger partial charge on any atom is -0.385 e. The molecule has 0 amide bonds. The second kappa shape index (κ2) is 5.61. The van der Waals surface area contributed by atoms with E-state index in [1.807, 2.05) is 0 Å². The summed E-state index contributed by atoms with van der Waals surface area (Å²) in [6, 6.07) is 0.106. The van der Waals surface area contributed by atoms with Gasteiger partial charge in [-0.05, 0) is 6.42 Å². The first kappa shape index (κ1) is 8.48. The Morgan fingerprint density at radius 1 is 1.78 bits per heavy atom. The lowest BCUT2D eigenvalue weighted by molar-refractivity contribution is 0.188. The zero-order valence-electron chi connectivity index (χ0n) is 5.76. The second-order valence-corrected chi connectivity index (χ2v) is 1.95. The van der Waals surface area contributed by atoms with Crippen molar-refractivity contribution in [3.8, 4) is 12.3 Å². The Morgan fingerprint density at radius 2 is 2.44 bits per heavy atom. The van der Waals surface area contributed by atoms with Crippen molar-refractivity contribution in [2.45, 2.75) is 18.9 Å². The quantitative estimate of drug-likeness (QED) is 0.554. The summed E-state index contributed by atoms with van der Waals surface area (Å²) in [4.78, 5) is 0. The van der Waals surface area contributed by atoms with E-state index in [9.17, 15) is 0 Å². The van der Waals surface area contributed by atoms with Crippen LogP contribution in [0.15, 0.2) is 0 Å². The Kier molecular flexibility index (Phi) is 5.29. The van der Waals surface area contributed by atoms with Crippen molar-refractivity contribution in [1.29, 1.82) is 0 Å². The summed E-state index contributed by atoms with van der Waals surface area (Å²) in [6.07, 6.45) is 6.52. The monoisotopic (exact) mass is 127 g/mol. The summed E-state index contributed by atoms with van der Waals surface area (Å²) in [5.41, 5.74) is 5.55. The summed E-state index contributed by atoms with van der Waals surface area (Å²) in [6.45, 7) is 0.697. The van der Waals surface area contributed by atoms with Gasteiger partial charge in [0.25, 0.3) is 0 Å². The molecule has 0 aromatic rings. The lowest BCUT2D eigenvalue weighted by Gasteiger charge is -2.04. The Bertz CT molecular complexity index is 95.6. The lowest BCUT2D eigenvalue weighted by Crippen LogP contribution is -2.20. The van der Waals surface area contributed by atoms with Gasteiger partial charge < -0.3 is 10.5 Å². The summed E-state index contributed by atoms with van der Waals surface area (Å²) in [5.74, 6) is 2.50. The van der Waals surface area contributed by atoms with Crippen LogP contribution in [0, 0.1) is 12.3 Å². The average Bonchev–Trinajstić information content (AvgIpc) is 1.85. The number of rotatable bonds is 4. The van der Waals surface area contributed by atoms with E-state index in [0.29, 0.717) is 13.0 Å². The predicted molar refractivity (Wildman–Crippen MR) is 37.9 cm³/mol. The van der Waals surface area contributed by atoms with E-state index >= 15 is 0 Å². The highest BCUT2D eigenvalue weighted by molar-refractivity contribution is 4.88. The fourth-order valence-electron chi connectivity index (χ4n) is 0.523. The molecule has 0 aromatic heterocycles. The molecule has 0 rings (SSSR count). The van der Waals surface area contributed by atoms with Crippen molar-refractivity contribution < 1.29 is 4.74 Å². The van der Waals surface area contributed by atoms with E-state index in [1.54, 1.807) is 7.11 Å². The minimum atomic E-state index is 0.106. The van der Waals surface area contributed by atoms with Gasteiger partial charge in [-0.2, -0.15) is 0 Å². The van der Waals surface area contributed by atoms with Crippen LogP contribution in [-0.2, 0) is 4.74 Å². The van der Waals surface area contributed by atoms with Crippen LogP contribution in [0.5, 0.6) is 0 Å². The first-order valence-electron chi connectivity index (χ1n) is 2.99. The van der Waals surface area contributed by atoms with Gasteiger partial charge >= 0.3 is 0 Å². The standard InChI is InChI=1S/C7H13NO/c1-3-4-7(8)5-6-9-2/h1,7H,4-6,8H2,2H3. The van der Waals surface area contributed by atoms with Crippen LogP contribution in [0.2, 0.25) is 0 Å². The van der Waals surface area contributed by atoms with Crippen LogP contribution in [-0.4, -0.2) is 19.8 Å². The molecule has 0 radical (unpaired) electrons. The van der Waals surface area contributed by atoms with E-state index < -0.39 is 0 Å². The van der Waals surface area contributed by atoms with Crippen molar-refractivity contribution in [2.75, 3.05) is 13.7 Å². The molecule has 2 nitrogen and oxygen atoms in total. The van der Waals surface area contributed by atoms with Crippen LogP contribution in [0.1, 0.15) is 12.8 Å². The first-order chi connectivity index (χ1) is 4.31. The van der Waals surface area contributed by atoms with E-state index in [1.165, 1.54) is 0 Å². The maximum Gasteiger partial charge on any atom is 0.0477 e. The highest BCUT2D eigenvalue weighted by Crippen LogP contribution is 1.91. The topological polar surface area (TPSA) is 35.2 Å². The van der Waals surface area contributed by atoms with Gasteiger partial charge in [0.1, 0.15) is 0 Å². The number of terminal acetylenes is 1. The largest absolute Gasteiger partial charge is 0.385 e. The number of hydrogen-bond donors (Lipinski definition) is 1. The zero-order valence-corrected chi connectivity index (χ0v) is 5.76. The summed E-state index contributed by atoms with van der Waals surface area (Å²) in [5, 5.41) is 0. The van der Waals surface area contributed by atoms with Gasteiger partial charge in [0.2, 0.25) is 0 Å². The number of nitrogens with two attached hydrogens (primary N) is 1. The van der Waals surface area contributed by atoms with Crippen molar-refractivity contribution in [3.05, 3.63) is 0 Å². The van der Waals surface area contributed by atoms with Crippen LogP contribution in [0.3, 0.4) is 0 Å². The second-order valence-electron chi connectivity index (χ2n) is 1.95. The van der Waals surface area contributed by atoms with Gasteiger partial charge in [-0.25, -0.2) is 0 Å². The number of methoxy groups -OCH3 is 1. The summed E-state index contributed by atoms with van der Waals surface area (Å²) >= 11 is 0. The molecule has 9 heavy (non-hydrogen) atoms. The first-order valence-corrected chi connectivity index (χ1v) is 2.99. The molecule has 0 saturated carbocycles. The maximum absolute atomic E-state index is 5.55. The van der Waals surface area contributed by atoms with E-state index in [-0.39, 0.29) is 6.04 Å². The molecule has 2 heteroatoms. The van der Waals surface area contributed by atoms with Gasteiger partial charge in [-0.15, -0.1) is 12.3 Å².